The fourth-order valence-electron chi connectivity index (χ4n) is 2.92. The van der Waals surface area contributed by atoms with Gasteiger partial charge >= 0.3 is 0 Å². The molecule has 0 bridgehead atoms. The molecule has 0 spiro atoms. The molecule has 6 nitrogen and oxygen atoms in total. The number of hydrogen-bond acceptors (Lipinski definition) is 7. The molecule has 1 saturated carbocycles. The van der Waals surface area contributed by atoms with E-state index in [1.54, 1.807) is 17.5 Å². The van der Waals surface area contributed by atoms with E-state index in [0.717, 1.165) is 52.9 Å². The van der Waals surface area contributed by atoms with Gasteiger partial charge in [-0.2, -0.15) is 4.98 Å². The van der Waals surface area contributed by atoms with Gasteiger partial charge in [-0.15, -0.1) is 0 Å². The number of fused-ring (bicyclic) bond motifs is 1. The molecule has 0 aliphatic heterocycles. The normalized spacial score (nSPS) is 21.5. The monoisotopic (exact) mass is 315 g/mol. The average Bonchev–Trinajstić information content (AvgIpc) is 3.25. The minimum Gasteiger partial charge on any atom is -0.359 e. The Kier molecular flexibility index (Phi) is 3.49. The number of thiazole rings is 1. The van der Waals surface area contributed by atoms with Gasteiger partial charge < -0.3 is 9.84 Å². The first-order chi connectivity index (χ1) is 10.8. The highest BCUT2D eigenvalue weighted by atomic mass is 32.1. The fraction of sp³-hybridized carbons (Fsp3) is 0.467. The molecule has 2 atom stereocenters. The molecule has 1 N–H and O–H groups in total. The third-order valence-corrected chi connectivity index (χ3v) is 4.99. The minimum atomic E-state index is 0.359. The molecule has 4 rings (SSSR count). The lowest BCUT2D eigenvalue weighted by atomic mass is 10.1. The highest BCUT2D eigenvalue weighted by Gasteiger charge is 2.30. The van der Waals surface area contributed by atoms with Crippen LogP contribution in [-0.4, -0.2) is 26.2 Å². The molecule has 3 aromatic heterocycles. The first-order valence-corrected chi connectivity index (χ1v) is 8.44. The molecule has 2 unspecified atom stereocenters. The fourth-order valence-corrected chi connectivity index (χ4v) is 3.80. The smallest absolute Gasteiger partial charge is 0.229 e. The van der Waals surface area contributed by atoms with Crippen LogP contribution in [0, 0.1) is 0 Å². The molecule has 7 heteroatoms. The summed E-state index contributed by atoms with van der Waals surface area (Å²) in [5.74, 6) is 1.94. The second-order valence-electron chi connectivity index (χ2n) is 5.60. The van der Waals surface area contributed by atoms with Crippen molar-refractivity contribution >= 4 is 26.8 Å². The summed E-state index contributed by atoms with van der Waals surface area (Å²) in [6.07, 6.45) is 5.80. The van der Waals surface area contributed by atoms with E-state index >= 15 is 0 Å². The molecule has 3 heterocycles. The SMILES string of the molecule is CCc1noc(C2CCC(Nc3nc4cccnc4s3)C2)n1. The van der Waals surface area contributed by atoms with E-state index in [2.05, 4.69) is 25.4 Å². The Bertz CT molecular complexity index is 750. The second-order valence-corrected chi connectivity index (χ2v) is 6.58. The third kappa shape index (κ3) is 2.56. The molecule has 114 valence electrons. The van der Waals surface area contributed by atoms with Gasteiger partial charge in [0.05, 0.1) is 0 Å². The maximum atomic E-state index is 5.37. The van der Waals surface area contributed by atoms with Crippen LogP contribution in [0.1, 0.15) is 43.8 Å². The summed E-state index contributed by atoms with van der Waals surface area (Å²) in [5.41, 5.74) is 0.953. The molecule has 1 aliphatic rings. The average molecular weight is 315 g/mol. The highest BCUT2D eigenvalue weighted by molar-refractivity contribution is 7.21. The first kappa shape index (κ1) is 13.6. The number of aromatic nitrogens is 4. The van der Waals surface area contributed by atoms with Crippen LogP contribution in [-0.2, 0) is 6.42 Å². The molecule has 1 aliphatic carbocycles. The number of anilines is 1. The molecule has 0 radical (unpaired) electrons. The number of nitrogens with one attached hydrogen (secondary N) is 1. The van der Waals surface area contributed by atoms with Crippen LogP contribution in [0.25, 0.3) is 10.3 Å². The zero-order chi connectivity index (χ0) is 14.9. The van der Waals surface area contributed by atoms with Crippen LogP contribution >= 0.6 is 11.3 Å². The minimum absolute atomic E-state index is 0.359. The zero-order valence-electron chi connectivity index (χ0n) is 12.3. The lowest BCUT2D eigenvalue weighted by Crippen LogP contribution is -2.15. The largest absolute Gasteiger partial charge is 0.359 e. The molecule has 0 saturated heterocycles. The Balaban J connectivity index is 1.44. The summed E-state index contributed by atoms with van der Waals surface area (Å²) in [6, 6.07) is 4.31. The third-order valence-electron chi connectivity index (χ3n) is 4.08. The molecule has 22 heavy (non-hydrogen) atoms. The Hall–Kier alpha value is -2.02. The summed E-state index contributed by atoms with van der Waals surface area (Å²) in [7, 11) is 0. The Morgan fingerprint density at radius 3 is 3.14 bits per heavy atom. The van der Waals surface area contributed by atoms with Gasteiger partial charge in [0, 0.05) is 24.6 Å². The van der Waals surface area contributed by atoms with E-state index in [4.69, 9.17) is 4.52 Å². The summed E-state index contributed by atoms with van der Waals surface area (Å²) < 4.78 is 5.37. The van der Waals surface area contributed by atoms with Crippen molar-refractivity contribution in [1.82, 2.24) is 20.1 Å². The van der Waals surface area contributed by atoms with Crippen LogP contribution in [0.2, 0.25) is 0 Å². The van der Waals surface area contributed by atoms with E-state index < -0.39 is 0 Å². The predicted molar refractivity (Wildman–Crippen MR) is 85.1 cm³/mol. The van der Waals surface area contributed by atoms with Gasteiger partial charge in [-0.3, -0.25) is 0 Å². The molecule has 3 aromatic rings. The number of nitrogens with zero attached hydrogens (tertiary/aromatic N) is 4. The summed E-state index contributed by atoms with van der Waals surface area (Å²) >= 11 is 1.60. The number of aryl methyl sites for hydroxylation is 1. The van der Waals surface area contributed by atoms with Crippen molar-refractivity contribution in [2.75, 3.05) is 5.32 Å². The van der Waals surface area contributed by atoms with Crippen molar-refractivity contribution in [3.05, 3.63) is 30.0 Å². The second kappa shape index (κ2) is 5.64. The van der Waals surface area contributed by atoms with Crippen molar-refractivity contribution in [2.24, 2.45) is 0 Å². The lowest BCUT2D eigenvalue weighted by molar-refractivity contribution is 0.350. The quantitative estimate of drug-likeness (QED) is 0.795. The maximum absolute atomic E-state index is 5.37. The first-order valence-electron chi connectivity index (χ1n) is 7.62. The van der Waals surface area contributed by atoms with Gasteiger partial charge in [0.2, 0.25) is 5.89 Å². The van der Waals surface area contributed by atoms with Crippen LogP contribution < -0.4 is 5.32 Å². The molecule has 1 fully saturated rings. The van der Waals surface area contributed by atoms with E-state index in [1.807, 2.05) is 19.1 Å². The Labute approximate surface area is 132 Å². The van der Waals surface area contributed by atoms with Crippen molar-refractivity contribution in [2.45, 2.75) is 44.6 Å². The summed E-state index contributed by atoms with van der Waals surface area (Å²) in [5, 5.41) is 8.46. The van der Waals surface area contributed by atoms with Gasteiger partial charge in [0.1, 0.15) is 10.3 Å². The van der Waals surface area contributed by atoms with Crippen LogP contribution in [0.15, 0.2) is 22.9 Å². The highest BCUT2D eigenvalue weighted by Crippen LogP contribution is 2.36. The van der Waals surface area contributed by atoms with Crippen molar-refractivity contribution in [3.8, 4) is 0 Å². The van der Waals surface area contributed by atoms with Gasteiger partial charge in [-0.25, -0.2) is 9.97 Å². The number of pyridine rings is 1. The van der Waals surface area contributed by atoms with Crippen molar-refractivity contribution in [3.63, 3.8) is 0 Å². The topological polar surface area (TPSA) is 76.7 Å². The molecular formula is C15H17N5OS. The van der Waals surface area contributed by atoms with Gasteiger partial charge in [0.15, 0.2) is 11.0 Å². The summed E-state index contributed by atoms with van der Waals surface area (Å²) in [6.45, 7) is 2.04. The molecule has 0 amide bonds. The Morgan fingerprint density at radius 1 is 1.36 bits per heavy atom. The van der Waals surface area contributed by atoms with Crippen molar-refractivity contribution < 1.29 is 4.52 Å². The van der Waals surface area contributed by atoms with Crippen LogP contribution in [0.5, 0.6) is 0 Å². The lowest BCUT2D eigenvalue weighted by Gasteiger charge is -2.10. The maximum Gasteiger partial charge on any atom is 0.229 e. The van der Waals surface area contributed by atoms with Crippen LogP contribution in [0.3, 0.4) is 0 Å². The van der Waals surface area contributed by atoms with Gasteiger partial charge in [-0.05, 0) is 31.4 Å². The zero-order valence-corrected chi connectivity index (χ0v) is 13.1. The van der Waals surface area contributed by atoms with Gasteiger partial charge in [-0.1, -0.05) is 23.4 Å². The molecular weight excluding hydrogens is 298 g/mol. The summed E-state index contributed by atoms with van der Waals surface area (Å²) in [4.78, 5) is 14.4. The van der Waals surface area contributed by atoms with E-state index in [-0.39, 0.29) is 0 Å². The Morgan fingerprint density at radius 2 is 2.32 bits per heavy atom. The van der Waals surface area contributed by atoms with Crippen molar-refractivity contribution in [1.29, 1.82) is 0 Å². The standard InChI is InChI=1S/C15H17N5OS/c1-2-12-19-13(21-20-12)9-5-6-10(8-9)17-15-18-11-4-3-7-16-14(11)22-15/h3-4,7,9-10H,2,5-6,8H2,1H3,(H,17,18). The predicted octanol–water partition coefficient (Wildman–Crippen LogP) is 3.38. The molecule has 0 aromatic carbocycles. The van der Waals surface area contributed by atoms with E-state index in [0.29, 0.717) is 12.0 Å². The van der Waals surface area contributed by atoms with E-state index in [9.17, 15) is 0 Å². The number of hydrogen-bond donors (Lipinski definition) is 1. The van der Waals surface area contributed by atoms with Gasteiger partial charge in [0.25, 0.3) is 0 Å². The number of rotatable bonds is 4. The van der Waals surface area contributed by atoms with Crippen LogP contribution in [0.4, 0.5) is 5.13 Å². The van der Waals surface area contributed by atoms with E-state index in [1.165, 1.54) is 0 Å².